The summed E-state index contributed by atoms with van der Waals surface area (Å²) in [6.45, 7) is 0. The molecule has 0 aromatic heterocycles. The van der Waals surface area contributed by atoms with E-state index < -0.39 is 0 Å². The van der Waals surface area contributed by atoms with Crippen molar-refractivity contribution in [2.75, 3.05) is 0 Å². The molecular weight excluding hydrogens is 280 g/mol. The monoisotopic (exact) mass is 296 g/mol. The van der Waals surface area contributed by atoms with Crippen LogP contribution in [0.15, 0.2) is 41.5 Å². The Kier molecular flexibility index (Phi) is 2.89. The molecule has 0 unspecified atom stereocenters. The number of hydrazone groups is 1. The van der Waals surface area contributed by atoms with E-state index in [0.717, 1.165) is 17.9 Å². The lowest BCUT2D eigenvalue weighted by atomic mass is 9.63. The third kappa shape index (κ3) is 1.81. The lowest BCUT2D eigenvalue weighted by Crippen LogP contribution is -2.38. The Morgan fingerprint density at radius 1 is 1.05 bits per heavy atom. The Morgan fingerprint density at radius 2 is 1.64 bits per heavy atom. The SMILES string of the molecule is O=C1[C@@H]2[C@@H](C(=O)N1/N=C\c1ccccc1O)[C@@H]1C=C[C@@H]2CC1. The lowest BCUT2D eigenvalue weighted by Gasteiger charge is -2.37. The number of nitrogens with zero attached hydrogens (tertiary/aromatic N) is 2. The van der Waals surface area contributed by atoms with E-state index in [9.17, 15) is 14.7 Å². The minimum atomic E-state index is -0.252. The highest BCUT2D eigenvalue weighted by atomic mass is 16.3. The number of hydrogen-bond donors (Lipinski definition) is 1. The predicted molar refractivity (Wildman–Crippen MR) is 79.9 cm³/mol. The molecule has 3 aliphatic carbocycles. The average molecular weight is 296 g/mol. The standard InChI is InChI=1S/C17H16N2O3/c20-13-4-2-1-3-12(13)9-18-19-16(21)14-10-5-6-11(8-7-10)15(14)17(19)22/h1-6,9-11,14-15,20H,7-8H2/b18-9-/t10-,11-,14+,15+/m1/s1. The van der Waals surface area contributed by atoms with Crippen molar-refractivity contribution < 1.29 is 14.7 Å². The van der Waals surface area contributed by atoms with Crippen LogP contribution in [0.2, 0.25) is 0 Å². The van der Waals surface area contributed by atoms with Crippen LogP contribution in [0.25, 0.3) is 0 Å². The second-order valence-corrected chi connectivity index (χ2v) is 6.13. The van der Waals surface area contributed by atoms with Crippen molar-refractivity contribution in [1.82, 2.24) is 5.01 Å². The predicted octanol–water partition coefficient (Wildman–Crippen LogP) is 1.92. The Balaban J connectivity index is 1.63. The van der Waals surface area contributed by atoms with Gasteiger partial charge in [-0.1, -0.05) is 24.3 Å². The molecule has 1 N–H and O–H groups in total. The zero-order chi connectivity index (χ0) is 15.3. The topological polar surface area (TPSA) is 70.0 Å². The van der Waals surface area contributed by atoms with Gasteiger partial charge in [0.15, 0.2) is 0 Å². The molecule has 4 aliphatic rings. The maximum absolute atomic E-state index is 12.5. The third-order valence-electron chi connectivity index (χ3n) is 4.99. The molecule has 5 rings (SSSR count). The molecule has 1 aromatic carbocycles. The van der Waals surface area contributed by atoms with Crippen molar-refractivity contribution in [2.24, 2.45) is 28.8 Å². The molecule has 1 aromatic rings. The Bertz CT molecular complexity index is 678. The Hall–Kier alpha value is -2.43. The number of phenols is 1. The van der Waals surface area contributed by atoms with E-state index in [1.165, 1.54) is 6.21 Å². The van der Waals surface area contributed by atoms with Gasteiger partial charge in [-0.05, 0) is 36.8 Å². The molecule has 1 aliphatic heterocycles. The van der Waals surface area contributed by atoms with Gasteiger partial charge in [0.25, 0.3) is 11.8 Å². The summed E-state index contributed by atoms with van der Waals surface area (Å²) < 4.78 is 0. The normalized spacial score (nSPS) is 33.0. The quantitative estimate of drug-likeness (QED) is 0.515. The summed E-state index contributed by atoms with van der Waals surface area (Å²) in [7, 11) is 0. The second-order valence-electron chi connectivity index (χ2n) is 6.13. The number of phenolic OH excluding ortho intramolecular Hbond substituents is 1. The minimum absolute atomic E-state index is 0.0736. The second kappa shape index (κ2) is 4.80. The van der Waals surface area contributed by atoms with E-state index in [2.05, 4.69) is 17.3 Å². The number of para-hydroxylation sites is 1. The van der Waals surface area contributed by atoms with Gasteiger partial charge in [-0.2, -0.15) is 10.1 Å². The molecular formula is C17H16N2O3. The van der Waals surface area contributed by atoms with Gasteiger partial charge in [0.2, 0.25) is 0 Å². The number of imide groups is 1. The summed E-state index contributed by atoms with van der Waals surface area (Å²) >= 11 is 0. The summed E-state index contributed by atoms with van der Waals surface area (Å²) in [6.07, 6.45) is 7.47. The van der Waals surface area contributed by atoms with Crippen LogP contribution in [0, 0.1) is 23.7 Å². The molecule has 5 heteroatoms. The zero-order valence-corrected chi connectivity index (χ0v) is 11.9. The van der Waals surface area contributed by atoms with Gasteiger partial charge in [-0.3, -0.25) is 9.59 Å². The molecule has 5 nitrogen and oxygen atoms in total. The van der Waals surface area contributed by atoms with Gasteiger partial charge in [0.05, 0.1) is 18.1 Å². The van der Waals surface area contributed by atoms with Gasteiger partial charge in [-0.25, -0.2) is 0 Å². The number of carbonyl (C=O) groups excluding carboxylic acids is 2. The first-order valence-electron chi connectivity index (χ1n) is 7.55. The molecule has 0 spiro atoms. The van der Waals surface area contributed by atoms with Gasteiger partial charge in [0, 0.05) is 5.56 Å². The zero-order valence-electron chi connectivity index (χ0n) is 11.9. The van der Waals surface area contributed by atoms with Crippen molar-refractivity contribution in [3.63, 3.8) is 0 Å². The van der Waals surface area contributed by atoms with Gasteiger partial charge >= 0.3 is 0 Å². The largest absolute Gasteiger partial charge is 0.507 e. The highest BCUT2D eigenvalue weighted by Gasteiger charge is 2.56. The van der Waals surface area contributed by atoms with Crippen LogP contribution < -0.4 is 0 Å². The van der Waals surface area contributed by atoms with E-state index >= 15 is 0 Å². The summed E-state index contributed by atoms with van der Waals surface area (Å²) in [5.74, 6) is -0.518. The van der Waals surface area contributed by atoms with Gasteiger partial charge in [0.1, 0.15) is 5.75 Å². The van der Waals surface area contributed by atoms with E-state index in [-0.39, 0.29) is 41.2 Å². The first-order valence-corrected chi connectivity index (χ1v) is 7.55. The van der Waals surface area contributed by atoms with Crippen molar-refractivity contribution in [1.29, 1.82) is 0 Å². The maximum atomic E-state index is 12.5. The first-order chi connectivity index (χ1) is 10.7. The van der Waals surface area contributed by atoms with Crippen LogP contribution in [0.1, 0.15) is 18.4 Å². The third-order valence-corrected chi connectivity index (χ3v) is 4.99. The van der Waals surface area contributed by atoms with Gasteiger partial charge < -0.3 is 5.11 Å². The number of amides is 2. The molecule has 0 radical (unpaired) electrons. The average Bonchev–Trinajstić information content (AvgIpc) is 2.82. The molecule has 1 saturated carbocycles. The van der Waals surface area contributed by atoms with Crippen LogP contribution in [0.3, 0.4) is 0 Å². The van der Waals surface area contributed by atoms with Crippen LogP contribution in [0.5, 0.6) is 5.75 Å². The highest BCUT2D eigenvalue weighted by molar-refractivity contribution is 6.06. The van der Waals surface area contributed by atoms with Crippen molar-refractivity contribution in [3.8, 4) is 5.75 Å². The number of aromatic hydroxyl groups is 1. The number of hydrogen-bond acceptors (Lipinski definition) is 4. The smallest absolute Gasteiger partial charge is 0.254 e. The molecule has 1 saturated heterocycles. The summed E-state index contributed by atoms with van der Waals surface area (Å²) in [4.78, 5) is 25.1. The molecule has 1 heterocycles. The fourth-order valence-corrected chi connectivity index (χ4v) is 3.89. The fraction of sp³-hybridized carbons (Fsp3) is 0.353. The molecule has 22 heavy (non-hydrogen) atoms. The lowest BCUT2D eigenvalue weighted by molar-refractivity contribution is -0.140. The van der Waals surface area contributed by atoms with E-state index in [1.54, 1.807) is 24.3 Å². The minimum Gasteiger partial charge on any atom is -0.507 e. The van der Waals surface area contributed by atoms with Crippen LogP contribution in [-0.4, -0.2) is 28.1 Å². The molecule has 4 atom stereocenters. The van der Waals surface area contributed by atoms with Crippen LogP contribution in [0.4, 0.5) is 0 Å². The number of allylic oxidation sites excluding steroid dienone is 2. The maximum Gasteiger partial charge on any atom is 0.254 e. The molecule has 2 amide bonds. The molecule has 2 fully saturated rings. The molecule has 112 valence electrons. The summed E-state index contributed by atoms with van der Waals surface area (Å²) in [5, 5.41) is 14.8. The van der Waals surface area contributed by atoms with Crippen LogP contribution in [-0.2, 0) is 9.59 Å². The van der Waals surface area contributed by atoms with Gasteiger partial charge in [-0.15, -0.1) is 0 Å². The van der Waals surface area contributed by atoms with Crippen LogP contribution >= 0.6 is 0 Å². The summed E-state index contributed by atoms with van der Waals surface area (Å²) in [5.41, 5.74) is 0.485. The van der Waals surface area contributed by atoms with E-state index in [0.29, 0.717) is 5.56 Å². The number of fused-ring (bicyclic) bond motifs is 1. The summed E-state index contributed by atoms with van der Waals surface area (Å²) in [6, 6.07) is 6.69. The van der Waals surface area contributed by atoms with Crippen molar-refractivity contribution in [3.05, 3.63) is 42.0 Å². The van der Waals surface area contributed by atoms with Crippen molar-refractivity contribution in [2.45, 2.75) is 12.8 Å². The van der Waals surface area contributed by atoms with E-state index in [4.69, 9.17) is 0 Å². The molecule has 2 bridgehead atoms. The Labute approximate surface area is 127 Å². The Morgan fingerprint density at radius 3 is 2.18 bits per heavy atom. The number of rotatable bonds is 2. The van der Waals surface area contributed by atoms with Crippen molar-refractivity contribution >= 4 is 18.0 Å². The fourth-order valence-electron chi connectivity index (χ4n) is 3.89. The van der Waals surface area contributed by atoms with E-state index in [1.807, 2.05) is 0 Å². The number of benzene rings is 1. The highest BCUT2D eigenvalue weighted by Crippen LogP contribution is 2.49. The first kappa shape index (κ1) is 13.2. The number of carbonyl (C=O) groups is 2.